The van der Waals surface area contributed by atoms with E-state index in [2.05, 4.69) is 10.6 Å². The first kappa shape index (κ1) is 15.7. The van der Waals surface area contributed by atoms with E-state index >= 15 is 0 Å². The molecule has 0 unspecified atom stereocenters. The standard InChI is InChI=1S/C15H21FN2O3/c16-13-6-1-2-7-14(13)18-15(19)17-8-4-9-20-11-12-5-3-10-21-12/h1-2,6-7,12H,3-5,8-11H2,(H2,17,18,19)/t12-/m1/s1. The Morgan fingerprint density at radius 3 is 3.05 bits per heavy atom. The molecule has 0 aliphatic carbocycles. The minimum atomic E-state index is -0.451. The van der Waals surface area contributed by atoms with Crippen molar-refractivity contribution in [3.63, 3.8) is 0 Å². The molecule has 6 heteroatoms. The van der Waals surface area contributed by atoms with Crippen LogP contribution in [0.4, 0.5) is 14.9 Å². The zero-order valence-electron chi connectivity index (χ0n) is 11.9. The molecule has 1 atom stereocenters. The molecule has 0 aromatic heterocycles. The normalized spacial score (nSPS) is 17.7. The maximum absolute atomic E-state index is 13.3. The summed E-state index contributed by atoms with van der Waals surface area (Å²) in [4.78, 5) is 11.6. The summed E-state index contributed by atoms with van der Waals surface area (Å²) < 4.78 is 24.2. The van der Waals surface area contributed by atoms with Crippen LogP contribution < -0.4 is 10.6 Å². The van der Waals surface area contributed by atoms with Gasteiger partial charge in [-0.2, -0.15) is 0 Å². The van der Waals surface area contributed by atoms with Gasteiger partial charge in [0.25, 0.3) is 0 Å². The average Bonchev–Trinajstić information content (AvgIpc) is 2.98. The van der Waals surface area contributed by atoms with Crippen molar-refractivity contribution in [2.24, 2.45) is 0 Å². The highest BCUT2D eigenvalue weighted by Crippen LogP contribution is 2.12. The summed E-state index contributed by atoms with van der Waals surface area (Å²) in [6.45, 7) is 2.48. The molecule has 1 aliphatic heterocycles. The lowest BCUT2D eigenvalue weighted by Crippen LogP contribution is -2.30. The molecule has 21 heavy (non-hydrogen) atoms. The zero-order chi connectivity index (χ0) is 14.9. The third-order valence-electron chi connectivity index (χ3n) is 3.20. The quantitative estimate of drug-likeness (QED) is 0.760. The van der Waals surface area contributed by atoms with Crippen molar-refractivity contribution in [3.8, 4) is 0 Å². The first-order valence-corrected chi connectivity index (χ1v) is 7.24. The maximum atomic E-state index is 13.3. The molecule has 1 fully saturated rings. The van der Waals surface area contributed by atoms with Crippen LogP contribution >= 0.6 is 0 Å². The van der Waals surface area contributed by atoms with Gasteiger partial charge < -0.3 is 20.1 Å². The summed E-state index contributed by atoms with van der Waals surface area (Å²) in [5, 5.41) is 5.12. The second-order valence-electron chi connectivity index (χ2n) is 4.92. The molecular formula is C15H21FN2O3. The summed E-state index contributed by atoms with van der Waals surface area (Å²) in [5.74, 6) is -0.451. The van der Waals surface area contributed by atoms with Crippen molar-refractivity contribution < 1.29 is 18.7 Å². The number of benzene rings is 1. The Hall–Kier alpha value is -1.66. The maximum Gasteiger partial charge on any atom is 0.319 e. The van der Waals surface area contributed by atoms with Crippen LogP contribution in [-0.4, -0.2) is 38.5 Å². The van der Waals surface area contributed by atoms with E-state index in [4.69, 9.17) is 9.47 Å². The first-order chi connectivity index (χ1) is 10.3. The Kier molecular flexibility index (Phi) is 6.43. The highest BCUT2D eigenvalue weighted by Gasteiger charge is 2.14. The van der Waals surface area contributed by atoms with Crippen molar-refractivity contribution in [1.82, 2.24) is 5.32 Å². The van der Waals surface area contributed by atoms with Crippen molar-refractivity contribution in [1.29, 1.82) is 0 Å². The van der Waals surface area contributed by atoms with Gasteiger partial charge in [0, 0.05) is 19.8 Å². The minimum Gasteiger partial charge on any atom is -0.379 e. The number of carbonyl (C=O) groups excluding carboxylic acids is 1. The van der Waals surface area contributed by atoms with Gasteiger partial charge in [-0.15, -0.1) is 0 Å². The predicted molar refractivity (Wildman–Crippen MR) is 77.8 cm³/mol. The second-order valence-corrected chi connectivity index (χ2v) is 4.92. The second kappa shape index (κ2) is 8.59. The van der Waals surface area contributed by atoms with Gasteiger partial charge >= 0.3 is 6.03 Å². The van der Waals surface area contributed by atoms with Gasteiger partial charge in [0.15, 0.2) is 0 Å². The fraction of sp³-hybridized carbons (Fsp3) is 0.533. The minimum absolute atomic E-state index is 0.171. The van der Waals surface area contributed by atoms with Crippen LogP contribution in [0.5, 0.6) is 0 Å². The van der Waals surface area contributed by atoms with Crippen molar-refractivity contribution in [3.05, 3.63) is 30.1 Å². The molecule has 0 radical (unpaired) electrons. The highest BCUT2D eigenvalue weighted by atomic mass is 19.1. The third-order valence-corrected chi connectivity index (χ3v) is 3.20. The lowest BCUT2D eigenvalue weighted by atomic mass is 10.2. The molecule has 1 heterocycles. The van der Waals surface area contributed by atoms with Gasteiger partial charge in [0.05, 0.1) is 18.4 Å². The number of halogens is 1. The predicted octanol–water partition coefficient (Wildman–Crippen LogP) is 2.53. The van der Waals surface area contributed by atoms with E-state index in [1.165, 1.54) is 12.1 Å². The van der Waals surface area contributed by atoms with E-state index in [0.717, 1.165) is 19.4 Å². The first-order valence-electron chi connectivity index (χ1n) is 7.24. The molecular weight excluding hydrogens is 275 g/mol. The molecule has 0 bridgehead atoms. The van der Waals surface area contributed by atoms with Crippen LogP contribution in [0.1, 0.15) is 19.3 Å². The molecule has 2 amide bonds. The number of hydrogen-bond donors (Lipinski definition) is 2. The number of amides is 2. The van der Waals surface area contributed by atoms with Gasteiger partial charge in [0.1, 0.15) is 5.82 Å². The SMILES string of the molecule is O=C(NCCCOC[C@H]1CCCO1)Nc1ccccc1F. The number of urea groups is 1. The van der Waals surface area contributed by atoms with Gasteiger partial charge in [-0.25, -0.2) is 9.18 Å². The Morgan fingerprint density at radius 2 is 2.29 bits per heavy atom. The van der Waals surface area contributed by atoms with Gasteiger partial charge in [-0.05, 0) is 31.4 Å². The molecule has 0 saturated carbocycles. The Morgan fingerprint density at radius 1 is 1.43 bits per heavy atom. The van der Waals surface area contributed by atoms with E-state index in [-0.39, 0.29) is 11.8 Å². The lowest BCUT2D eigenvalue weighted by molar-refractivity contribution is 0.0168. The molecule has 1 aliphatic rings. The summed E-state index contributed by atoms with van der Waals surface area (Å²) >= 11 is 0. The molecule has 1 saturated heterocycles. The van der Waals surface area contributed by atoms with Crippen LogP contribution in [0.3, 0.4) is 0 Å². The van der Waals surface area contributed by atoms with E-state index in [9.17, 15) is 9.18 Å². The van der Waals surface area contributed by atoms with E-state index in [0.29, 0.717) is 26.2 Å². The number of rotatable bonds is 7. The number of anilines is 1. The number of ether oxygens (including phenoxy) is 2. The molecule has 2 N–H and O–H groups in total. The topological polar surface area (TPSA) is 59.6 Å². The number of nitrogens with one attached hydrogen (secondary N) is 2. The monoisotopic (exact) mass is 296 g/mol. The largest absolute Gasteiger partial charge is 0.379 e. The van der Waals surface area contributed by atoms with Crippen molar-refractivity contribution in [2.75, 3.05) is 31.7 Å². The fourth-order valence-electron chi connectivity index (χ4n) is 2.10. The molecule has 116 valence electrons. The number of para-hydroxylation sites is 1. The fourth-order valence-corrected chi connectivity index (χ4v) is 2.10. The molecule has 2 rings (SSSR count). The van der Waals surface area contributed by atoms with Crippen LogP contribution in [0.2, 0.25) is 0 Å². The van der Waals surface area contributed by atoms with Crippen molar-refractivity contribution in [2.45, 2.75) is 25.4 Å². The Labute approximate surface area is 123 Å². The van der Waals surface area contributed by atoms with Crippen LogP contribution in [0.15, 0.2) is 24.3 Å². The Bertz CT molecular complexity index is 450. The lowest BCUT2D eigenvalue weighted by Gasteiger charge is -2.11. The number of hydrogen-bond acceptors (Lipinski definition) is 3. The summed E-state index contributed by atoms with van der Waals surface area (Å²) in [6.07, 6.45) is 3.09. The van der Waals surface area contributed by atoms with Gasteiger partial charge in [-0.3, -0.25) is 0 Å². The molecule has 0 spiro atoms. The van der Waals surface area contributed by atoms with Crippen LogP contribution in [-0.2, 0) is 9.47 Å². The van der Waals surface area contributed by atoms with E-state index < -0.39 is 11.8 Å². The smallest absolute Gasteiger partial charge is 0.319 e. The summed E-state index contributed by atoms with van der Waals surface area (Å²) in [5.41, 5.74) is 0.171. The zero-order valence-corrected chi connectivity index (χ0v) is 11.9. The van der Waals surface area contributed by atoms with E-state index in [1.807, 2.05) is 0 Å². The molecule has 1 aromatic carbocycles. The number of carbonyl (C=O) groups is 1. The van der Waals surface area contributed by atoms with Crippen LogP contribution in [0, 0.1) is 5.82 Å². The summed E-state index contributed by atoms with van der Waals surface area (Å²) in [7, 11) is 0. The summed E-state index contributed by atoms with van der Waals surface area (Å²) in [6, 6.07) is 5.63. The van der Waals surface area contributed by atoms with Gasteiger partial charge in [-0.1, -0.05) is 12.1 Å². The third kappa shape index (κ3) is 5.69. The molecule has 5 nitrogen and oxygen atoms in total. The average molecular weight is 296 g/mol. The molecule has 1 aromatic rings. The van der Waals surface area contributed by atoms with Crippen molar-refractivity contribution >= 4 is 11.7 Å². The van der Waals surface area contributed by atoms with E-state index in [1.54, 1.807) is 12.1 Å². The van der Waals surface area contributed by atoms with Gasteiger partial charge in [0.2, 0.25) is 0 Å². The Balaban J connectivity index is 1.52. The van der Waals surface area contributed by atoms with Crippen LogP contribution in [0.25, 0.3) is 0 Å². The highest BCUT2D eigenvalue weighted by molar-refractivity contribution is 5.89.